The number of likely N-dealkylation sites (N-methyl/N-ethyl adjacent to an activating group) is 1. The van der Waals surface area contributed by atoms with E-state index in [1.54, 1.807) is 0 Å². The molecule has 1 heterocycles. The summed E-state index contributed by atoms with van der Waals surface area (Å²) < 4.78 is 0. The Hall–Kier alpha value is -0.280. The fourth-order valence-electron chi connectivity index (χ4n) is 5.75. The predicted octanol–water partition coefficient (Wildman–Crippen LogP) is 2.34. The molecule has 0 spiro atoms. The molecule has 4 saturated carbocycles. The first-order valence-corrected chi connectivity index (χ1v) is 8.53. The molecule has 112 valence electrons. The van der Waals surface area contributed by atoms with Gasteiger partial charge in [0.1, 0.15) is 0 Å². The number of halogens is 1. The molecular weight excluding hydrogens is 272 g/mol. The van der Waals surface area contributed by atoms with E-state index in [0.717, 1.165) is 58.3 Å². The molecule has 4 atom stereocenters. The molecule has 1 saturated heterocycles. The largest absolute Gasteiger partial charge is 0.340 e. The first kappa shape index (κ1) is 13.4. The monoisotopic (exact) mass is 296 g/mol. The quantitative estimate of drug-likeness (QED) is 0.694. The topological polar surface area (TPSA) is 23.6 Å². The van der Waals surface area contributed by atoms with Gasteiger partial charge in [0.2, 0.25) is 5.91 Å². The van der Waals surface area contributed by atoms with Crippen molar-refractivity contribution in [3.8, 4) is 0 Å². The molecule has 0 radical (unpaired) electrons. The van der Waals surface area contributed by atoms with Crippen molar-refractivity contribution in [1.29, 1.82) is 0 Å². The van der Waals surface area contributed by atoms with E-state index >= 15 is 0 Å². The van der Waals surface area contributed by atoms with Gasteiger partial charge < -0.3 is 9.80 Å². The number of nitrogens with zero attached hydrogens (tertiary/aromatic N) is 2. The van der Waals surface area contributed by atoms with Crippen LogP contribution in [0.2, 0.25) is 0 Å². The second-order valence-corrected chi connectivity index (χ2v) is 8.79. The van der Waals surface area contributed by atoms with Crippen molar-refractivity contribution in [2.75, 3.05) is 33.2 Å². The summed E-state index contributed by atoms with van der Waals surface area (Å²) in [5.41, 5.74) is -0.0955. The molecule has 0 aromatic carbocycles. The number of hydrogen-bond acceptors (Lipinski definition) is 2. The average Bonchev–Trinajstić information content (AvgIpc) is 2.36. The molecule has 0 aromatic heterocycles. The third kappa shape index (κ3) is 2.00. The number of alkyl halides is 1. The van der Waals surface area contributed by atoms with Crippen molar-refractivity contribution in [2.24, 2.45) is 17.3 Å². The van der Waals surface area contributed by atoms with E-state index in [2.05, 4.69) is 16.8 Å². The van der Waals surface area contributed by atoms with Crippen LogP contribution in [0.15, 0.2) is 0 Å². The van der Waals surface area contributed by atoms with Gasteiger partial charge in [0.25, 0.3) is 0 Å². The SMILES string of the molecule is CN1CCN(C(=O)C23C[C@@H]4C[C@@H](CC(Cl)(C4)C2)C3)CC1. The highest BCUT2D eigenvalue weighted by Crippen LogP contribution is 2.64. The molecule has 4 bridgehead atoms. The minimum atomic E-state index is -0.0955. The lowest BCUT2D eigenvalue weighted by atomic mass is 9.49. The Balaban J connectivity index is 1.56. The van der Waals surface area contributed by atoms with Crippen LogP contribution >= 0.6 is 11.6 Å². The third-order valence-electron chi connectivity index (χ3n) is 6.23. The highest BCUT2D eigenvalue weighted by Gasteiger charge is 2.60. The highest BCUT2D eigenvalue weighted by atomic mass is 35.5. The molecule has 4 aliphatic carbocycles. The van der Waals surface area contributed by atoms with Crippen molar-refractivity contribution in [3.63, 3.8) is 0 Å². The molecule has 2 unspecified atom stereocenters. The maximum Gasteiger partial charge on any atom is 0.228 e. The van der Waals surface area contributed by atoms with Crippen LogP contribution in [0.25, 0.3) is 0 Å². The second-order valence-electron chi connectivity index (χ2n) is 7.99. The van der Waals surface area contributed by atoms with Crippen LogP contribution in [-0.2, 0) is 4.79 Å². The Kier molecular flexibility index (Phi) is 2.92. The Bertz CT molecular complexity index is 416. The van der Waals surface area contributed by atoms with E-state index in [1.165, 1.54) is 6.42 Å². The van der Waals surface area contributed by atoms with Gasteiger partial charge in [0, 0.05) is 31.1 Å². The van der Waals surface area contributed by atoms with E-state index in [1.807, 2.05) is 0 Å². The van der Waals surface area contributed by atoms with Crippen molar-refractivity contribution >= 4 is 17.5 Å². The van der Waals surface area contributed by atoms with Crippen molar-refractivity contribution in [3.05, 3.63) is 0 Å². The Morgan fingerprint density at radius 3 is 2.20 bits per heavy atom. The van der Waals surface area contributed by atoms with Gasteiger partial charge in [0.15, 0.2) is 0 Å². The molecular formula is C16H25ClN2O. The molecule has 0 N–H and O–H groups in total. The average molecular weight is 297 g/mol. The zero-order valence-electron chi connectivity index (χ0n) is 12.4. The minimum Gasteiger partial charge on any atom is -0.340 e. The standard InChI is InChI=1S/C16H25ClN2O/c1-18-2-4-19(5-3-18)14(20)15-7-12-6-13(8-15)10-16(17,9-12)11-15/h12-13H,2-11H2,1H3/t12-,13+,15?,16?. The van der Waals surface area contributed by atoms with Crippen LogP contribution in [0.5, 0.6) is 0 Å². The third-order valence-corrected chi connectivity index (χ3v) is 6.68. The molecule has 3 nitrogen and oxygen atoms in total. The van der Waals surface area contributed by atoms with Crippen LogP contribution in [0.3, 0.4) is 0 Å². The number of rotatable bonds is 1. The van der Waals surface area contributed by atoms with Crippen LogP contribution in [0, 0.1) is 17.3 Å². The van der Waals surface area contributed by atoms with Crippen molar-refractivity contribution in [1.82, 2.24) is 9.80 Å². The highest BCUT2D eigenvalue weighted by molar-refractivity contribution is 6.24. The summed E-state index contributed by atoms with van der Waals surface area (Å²) in [7, 11) is 2.14. The summed E-state index contributed by atoms with van der Waals surface area (Å²) in [6.07, 6.45) is 6.81. The normalized spacial score (nSPS) is 47.8. The maximum absolute atomic E-state index is 13.1. The predicted molar refractivity (Wildman–Crippen MR) is 79.8 cm³/mol. The van der Waals surface area contributed by atoms with Gasteiger partial charge in [0.05, 0.1) is 5.41 Å². The number of amides is 1. The maximum atomic E-state index is 13.1. The lowest BCUT2D eigenvalue weighted by Crippen LogP contribution is -2.61. The van der Waals surface area contributed by atoms with Gasteiger partial charge >= 0.3 is 0 Å². The summed E-state index contributed by atoms with van der Waals surface area (Å²) in [6, 6.07) is 0. The van der Waals surface area contributed by atoms with E-state index in [-0.39, 0.29) is 10.3 Å². The molecule has 5 fully saturated rings. The smallest absolute Gasteiger partial charge is 0.228 e. The summed E-state index contributed by atoms with van der Waals surface area (Å²) in [4.78, 5) is 17.5. The molecule has 5 rings (SSSR count). The minimum absolute atomic E-state index is 0.0493. The van der Waals surface area contributed by atoms with Crippen LogP contribution in [0.4, 0.5) is 0 Å². The van der Waals surface area contributed by atoms with Crippen LogP contribution in [0.1, 0.15) is 38.5 Å². The van der Waals surface area contributed by atoms with Gasteiger partial charge in [-0.1, -0.05) is 0 Å². The second kappa shape index (κ2) is 4.36. The fraction of sp³-hybridized carbons (Fsp3) is 0.938. The van der Waals surface area contributed by atoms with E-state index in [0.29, 0.717) is 17.7 Å². The summed E-state index contributed by atoms with van der Waals surface area (Å²) >= 11 is 6.85. The summed E-state index contributed by atoms with van der Waals surface area (Å²) in [5.74, 6) is 1.86. The summed E-state index contributed by atoms with van der Waals surface area (Å²) in [5, 5.41) is 0. The Morgan fingerprint density at radius 1 is 1.05 bits per heavy atom. The van der Waals surface area contributed by atoms with E-state index in [9.17, 15) is 4.79 Å². The van der Waals surface area contributed by atoms with Gasteiger partial charge in [-0.15, -0.1) is 11.6 Å². The number of carbonyl (C=O) groups is 1. The van der Waals surface area contributed by atoms with Gasteiger partial charge in [-0.2, -0.15) is 0 Å². The summed E-state index contributed by atoms with van der Waals surface area (Å²) in [6.45, 7) is 3.84. The number of carbonyl (C=O) groups excluding carboxylic acids is 1. The molecule has 20 heavy (non-hydrogen) atoms. The fourth-order valence-corrected chi connectivity index (χ4v) is 6.44. The van der Waals surface area contributed by atoms with Crippen molar-refractivity contribution < 1.29 is 4.79 Å². The lowest BCUT2D eigenvalue weighted by Gasteiger charge is -2.60. The molecule has 5 aliphatic rings. The molecule has 1 aliphatic heterocycles. The zero-order valence-corrected chi connectivity index (χ0v) is 13.2. The first-order valence-electron chi connectivity index (χ1n) is 8.15. The van der Waals surface area contributed by atoms with E-state index < -0.39 is 0 Å². The zero-order chi connectivity index (χ0) is 14.0. The molecule has 0 aromatic rings. The van der Waals surface area contributed by atoms with Gasteiger partial charge in [-0.3, -0.25) is 4.79 Å². The Labute approximate surface area is 126 Å². The number of hydrogen-bond donors (Lipinski definition) is 0. The lowest BCUT2D eigenvalue weighted by molar-refractivity contribution is -0.157. The molecule has 1 amide bonds. The number of piperazine rings is 1. The van der Waals surface area contributed by atoms with Crippen LogP contribution in [-0.4, -0.2) is 53.8 Å². The molecule has 4 heteroatoms. The Morgan fingerprint density at radius 2 is 1.65 bits per heavy atom. The first-order chi connectivity index (χ1) is 9.48. The van der Waals surface area contributed by atoms with E-state index in [4.69, 9.17) is 11.6 Å². The van der Waals surface area contributed by atoms with Crippen molar-refractivity contribution in [2.45, 2.75) is 43.4 Å². The van der Waals surface area contributed by atoms with Crippen LogP contribution < -0.4 is 0 Å². The van der Waals surface area contributed by atoms with Gasteiger partial charge in [-0.05, 0) is 57.4 Å². The van der Waals surface area contributed by atoms with Gasteiger partial charge in [-0.25, -0.2) is 0 Å².